The number of nitrogens with one attached hydrogen (secondary N) is 1. The van der Waals surface area contributed by atoms with Crippen molar-refractivity contribution < 1.29 is 0 Å². The van der Waals surface area contributed by atoms with Crippen molar-refractivity contribution in [3.05, 3.63) is 24.3 Å². The molecule has 3 rings (SSSR count). The Morgan fingerprint density at radius 1 is 1.41 bits per heavy atom. The summed E-state index contributed by atoms with van der Waals surface area (Å²) in [6.45, 7) is 3.20. The second-order valence-corrected chi connectivity index (χ2v) is 4.77. The minimum atomic E-state index is 0.406. The van der Waals surface area contributed by atoms with E-state index >= 15 is 0 Å². The molecule has 4 heteroatoms. The molecule has 1 aromatic heterocycles. The van der Waals surface area contributed by atoms with E-state index in [9.17, 15) is 0 Å². The molecule has 1 N–H and O–H groups in total. The van der Waals surface area contributed by atoms with Crippen LogP contribution in [0.5, 0.6) is 0 Å². The molecule has 1 heterocycles. The van der Waals surface area contributed by atoms with Gasteiger partial charge in [-0.15, -0.1) is 5.10 Å². The molecule has 0 saturated heterocycles. The fourth-order valence-electron chi connectivity index (χ4n) is 2.15. The lowest BCUT2D eigenvalue weighted by molar-refractivity contribution is 0.412. The van der Waals surface area contributed by atoms with Gasteiger partial charge in [-0.3, -0.25) is 0 Å². The molecule has 1 aromatic carbocycles. The van der Waals surface area contributed by atoms with Crippen LogP contribution >= 0.6 is 0 Å². The van der Waals surface area contributed by atoms with Crippen LogP contribution in [-0.2, 0) is 0 Å². The molecule has 0 aliphatic heterocycles. The third-order valence-corrected chi connectivity index (χ3v) is 3.41. The molecule has 1 aliphatic carbocycles. The highest BCUT2D eigenvalue weighted by atomic mass is 15.4. The summed E-state index contributed by atoms with van der Waals surface area (Å²) in [5.74, 6) is 0. The summed E-state index contributed by atoms with van der Waals surface area (Å²) in [5, 5.41) is 12.1. The standard InChI is InChI=1S/C13H18N4/c1-2-11(9-14-10-7-8-10)17-13-6-4-3-5-12(13)15-16-17/h3-6,10-11,14H,2,7-9H2,1H3. The van der Waals surface area contributed by atoms with E-state index in [2.05, 4.69) is 33.3 Å². The number of hydrogen-bond donors (Lipinski definition) is 1. The molecule has 1 unspecified atom stereocenters. The number of rotatable bonds is 5. The highest BCUT2D eigenvalue weighted by Crippen LogP contribution is 2.21. The lowest BCUT2D eigenvalue weighted by Gasteiger charge is -2.16. The molecular weight excluding hydrogens is 212 g/mol. The van der Waals surface area contributed by atoms with Crippen LogP contribution < -0.4 is 5.32 Å². The van der Waals surface area contributed by atoms with Gasteiger partial charge in [-0.1, -0.05) is 24.3 Å². The van der Waals surface area contributed by atoms with Crippen LogP contribution in [-0.4, -0.2) is 27.6 Å². The van der Waals surface area contributed by atoms with Gasteiger partial charge in [0.15, 0.2) is 0 Å². The highest BCUT2D eigenvalue weighted by molar-refractivity contribution is 5.73. The van der Waals surface area contributed by atoms with Gasteiger partial charge in [-0.05, 0) is 31.4 Å². The van der Waals surface area contributed by atoms with E-state index in [1.165, 1.54) is 12.8 Å². The molecular formula is C13H18N4. The summed E-state index contributed by atoms with van der Waals surface area (Å²) in [4.78, 5) is 0. The van der Waals surface area contributed by atoms with E-state index in [4.69, 9.17) is 0 Å². The smallest absolute Gasteiger partial charge is 0.113 e. The largest absolute Gasteiger partial charge is 0.312 e. The molecule has 0 radical (unpaired) electrons. The monoisotopic (exact) mass is 230 g/mol. The normalized spacial score (nSPS) is 17.5. The molecule has 1 fully saturated rings. The van der Waals surface area contributed by atoms with Crippen LogP contribution in [0.1, 0.15) is 32.2 Å². The van der Waals surface area contributed by atoms with Gasteiger partial charge >= 0.3 is 0 Å². The highest BCUT2D eigenvalue weighted by Gasteiger charge is 2.22. The summed E-state index contributed by atoms with van der Waals surface area (Å²) >= 11 is 0. The summed E-state index contributed by atoms with van der Waals surface area (Å²) in [5.41, 5.74) is 2.12. The first kappa shape index (κ1) is 10.7. The third kappa shape index (κ3) is 2.17. The van der Waals surface area contributed by atoms with Crippen molar-refractivity contribution in [1.82, 2.24) is 20.3 Å². The fraction of sp³-hybridized carbons (Fsp3) is 0.538. The summed E-state index contributed by atoms with van der Waals surface area (Å²) < 4.78 is 2.06. The molecule has 1 atom stereocenters. The maximum Gasteiger partial charge on any atom is 0.113 e. The van der Waals surface area contributed by atoms with Crippen molar-refractivity contribution in [2.75, 3.05) is 6.54 Å². The van der Waals surface area contributed by atoms with Crippen LogP contribution in [0.15, 0.2) is 24.3 Å². The average molecular weight is 230 g/mol. The molecule has 4 nitrogen and oxygen atoms in total. The van der Waals surface area contributed by atoms with Crippen molar-refractivity contribution in [1.29, 1.82) is 0 Å². The van der Waals surface area contributed by atoms with Gasteiger partial charge in [-0.25, -0.2) is 4.68 Å². The van der Waals surface area contributed by atoms with Crippen LogP contribution in [0.2, 0.25) is 0 Å². The van der Waals surface area contributed by atoms with Crippen molar-refractivity contribution in [3.8, 4) is 0 Å². The fourth-order valence-corrected chi connectivity index (χ4v) is 2.15. The number of hydrogen-bond acceptors (Lipinski definition) is 3. The van der Waals surface area contributed by atoms with Crippen LogP contribution in [0.25, 0.3) is 11.0 Å². The maximum atomic E-state index is 4.29. The molecule has 1 aliphatic rings. The zero-order valence-corrected chi connectivity index (χ0v) is 10.1. The van der Waals surface area contributed by atoms with Crippen molar-refractivity contribution in [3.63, 3.8) is 0 Å². The van der Waals surface area contributed by atoms with Crippen LogP contribution in [0, 0.1) is 0 Å². The molecule has 0 spiro atoms. The summed E-state index contributed by atoms with van der Waals surface area (Å²) in [6.07, 6.45) is 3.73. The Morgan fingerprint density at radius 3 is 3.00 bits per heavy atom. The SMILES string of the molecule is CCC(CNC1CC1)n1nnc2ccccc21. The van der Waals surface area contributed by atoms with E-state index in [1.807, 2.05) is 18.2 Å². The topological polar surface area (TPSA) is 42.7 Å². The quantitative estimate of drug-likeness (QED) is 0.855. The number of fused-ring (bicyclic) bond motifs is 1. The van der Waals surface area contributed by atoms with Gasteiger partial charge in [0.05, 0.1) is 11.6 Å². The van der Waals surface area contributed by atoms with E-state index in [0.29, 0.717) is 6.04 Å². The second kappa shape index (κ2) is 4.45. The molecule has 0 bridgehead atoms. The van der Waals surface area contributed by atoms with Gasteiger partial charge in [0, 0.05) is 12.6 Å². The van der Waals surface area contributed by atoms with Gasteiger partial charge in [0.2, 0.25) is 0 Å². The molecule has 17 heavy (non-hydrogen) atoms. The predicted octanol–water partition coefficient (Wildman–Crippen LogP) is 2.13. The molecule has 1 saturated carbocycles. The Morgan fingerprint density at radius 2 is 2.24 bits per heavy atom. The van der Waals surface area contributed by atoms with E-state index < -0.39 is 0 Å². The van der Waals surface area contributed by atoms with Gasteiger partial charge in [-0.2, -0.15) is 0 Å². The lowest BCUT2D eigenvalue weighted by atomic mass is 10.2. The zero-order valence-electron chi connectivity index (χ0n) is 10.1. The van der Waals surface area contributed by atoms with E-state index in [-0.39, 0.29) is 0 Å². The van der Waals surface area contributed by atoms with Crippen molar-refractivity contribution in [2.45, 2.75) is 38.3 Å². The van der Waals surface area contributed by atoms with Crippen molar-refractivity contribution in [2.24, 2.45) is 0 Å². The Hall–Kier alpha value is -1.42. The van der Waals surface area contributed by atoms with Gasteiger partial charge < -0.3 is 5.32 Å². The average Bonchev–Trinajstić information content (AvgIpc) is 3.10. The summed E-state index contributed by atoms with van der Waals surface area (Å²) in [7, 11) is 0. The van der Waals surface area contributed by atoms with Gasteiger partial charge in [0.25, 0.3) is 0 Å². The molecule has 90 valence electrons. The zero-order chi connectivity index (χ0) is 11.7. The minimum absolute atomic E-state index is 0.406. The Bertz CT molecular complexity index is 501. The minimum Gasteiger partial charge on any atom is -0.312 e. The third-order valence-electron chi connectivity index (χ3n) is 3.41. The molecule has 2 aromatic rings. The first-order chi connectivity index (χ1) is 8.38. The number of para-hydroxylation sites is 1. The van der Waals surface area contributed by atoms with E-state index in [0.717, 1.165) is 30.0 Å². The van der Waals surface area contributed by atoms with Gasteiger partial charge in [0.1, 0.15) is 5.52 Å². The molecule has 0 amide bonds. The Labute approximate surface area is 101 Å². The lowest BCUT2D eigenvalue weighted by Crippen LogP contribution is -2.27. The number of nitrogens with zero attached hydrogens (tertiary/aromatic N) is 3. The first-order valence-electron chi connectivity index (χ1n) is 6.42. The van der Waals surface area contributed by atoms with E-state index in [1.54, 1.807) is 0 Å². The number of aromatic nitrogens is 3. The Kier molecular flexibility index (Phi) is 2.81. The summed E-state index contributed by atoms with van der Waals surface area (Å²) in [6, 6.07) is 9.31. The maximum absolute atomic E-state index is 4.29. The van der Waals surface area contributed by atoms with Crippen LogP contribution in [0.4, 0.5) is 0 Å². The number of benzene rings is 1. The first-order valence-corrected chi connectivity index (χ1v) is 6.42. The van der Waals surface area contributed by atoms with Crippen LogP contribution in [0.3, 0.4) is 0 Å². The predicted molar refractivity (Wildman–Crippen MR) is 67.9 cm³/mol. The second-order valence-electron chi connectivity index (χ2n) is 4.77. The van der Waals surface area contributed by atoms with Crippen molar-refractivity contribution >= 4 is 11.0 Å². The Balaban J connectivity index is 1.83.